The second-order valence-corrected chi connectivity index (χ2v) is 9.80. The van der Waals surface area contributed by atoms with Crippen molar-refractivity contribution in [2.75, 3.05) is 17.4 Å². The van der Waals surface area contributed by atoms with Crippen molar-refractivity contribution in [3.8, 4) is 11.1 Å². The molecule has 1 N–H and O–H groups in total. The Bertz CT molecular complexity index is 1240. The molecule has 160 valence electrons. The molecule has 0 bridgehead atoms. The number of fused-ring (bicyclic) bond motifs is 3. The third-order valence-corrected chi connectivity index (χ3v) is 7.32. The summed E-state index contributed by atoms with van der Waals surface area (Å²) in [6.07, 6.45) is 1.65. The van der Waals surface area contributed by atoms with Gasteiger partial charge in [-0.1, -0.05) is 59.7 Å². The summed E-state index contributed by atoms with van der Waals surface area (Å²) in [6.45, 7) is 4.29. The number of carbonyl (C=O) groups is 1. The molecule has 1 amide bonds. The highest BCUT2D eigenvalue weighted by atomic mass is 32.2. The fraction of sp³-hybridized carbons (Fsp3) is 0.240. The fourth-order valence-corrected chi connectivity index (χ4v) is 5.64. The van der Waals surface area contributed by atoms with Crippen LogP contribution >= 0.6 is 0 Å². The van der Waals surface area contributed by atoms with Gasteiger partial charge in [0.1, 0.15) is 6.54 Å². The second kappa shape index (κ2) is 8.55. The maximum absolute atomic E-state index is 13.3. The van der Waals surface area contributed by atoms with Crippen molar-refractivity contribution < 1.29 is 13.2 Å². The Hall–Kier alpha value is -3.12. The summed E-state index contributed by atoms with van der Waals surface area (Å²) in [5.74, 6) is -0.307. The number of hydrogen-bond donors (Lipinski definition) is 1. The maximum Gasteiger partial charge on any atom is 0.265 e. The van der Waals surface area contributed by atoms with E-state index in [0.29, 0.717) is 17.8 Å². The predicted octanol–water partition coefficient (Wildman–Crippen LogP) is 4.23. The molecule has 6 heteroatoms. The molecule has 0 saturated carbocycles. The molecule has 0 aliphatic carbocycles. The average molecular weight is 435 g/mol. The van der Waals surface area contributed by atoms with Crippen molar-refractivity contribution in [2.24, 2.45) is 0 Å². The number of nitrogens with zero attached hydrogens (tertiary/aromatic N) is 1. The Kier molecular flexibility index (Phi) is 5.83. The van der Waals surface area contributed by atoms with Gasteiger partial charge in [-0.2, -0.15) is 0 Å². The van der Waals surface area contributed by atoms with Crippen LogP contribution in [0, 0.1) is 13.8 Å². The summed E-state index contributed by atoms with van der Waals surface area (Å²) in [7, 11) is -3.81. The number of sulfonamides is 1. The minimum atomic E-state index is -3.81. The fourth-order valence-electron chi connectivity index (χ4n) is 3.99. The SMILES string of the molecule is Cc1cccc(CCCNC(=O)CN2c3ccc(C)cc3-c3ccccc3S2(=O)=O)c1. The molecule has 0 spiro atoms. The smallest absolute Gasteiger partial charge is 0.265 e. The molecule has 1 heterocycles. The zero-order valence-electron chi connectivity index (χ0n) is 17.8. The number of nitrogens with one attached hydrogen (secondary N) is 1. The van der Waals surface area contributed by atoms with Crippen LogP contribution in [0.4, 0.5) is 5.69 Å². The Morgan fingerprint density at radius 1 is 0.903 bits per heavy atom. The molecule has 0 unspecified atom stereocenters. The maximum atomic E-state index is 13.3. The number of hydrogen-bond acceptors (Lipinski definition) is 3. The van der Waals surface area contributed by atoms with Gasteiger partial charge >= 0.3 is 0 Å². The van der Waals surface area contributed by atoms with Crippen molar-refractivity contribution in [2.45, 2.75) is 31.6 Å². The molecule has 3 aromatic carbocycles. The monoisotopic (exact) mass is 434 g/mol. The van der Waals surface area contributed by atoms with E-state index >= 15 is 0 Å². The van der Waals surface area contributed by atoms with Crippen LogP contribution in [0.2, 0.25) is 0 Å². The molecule has 0 fully saturated rings. The first-order valence-corrected chi connectivity index (χ1v) is 11.9. The molecule has 4 rings (SSSR count). The topological polar surface area (TPSA) is 66.5 Å². The van der Waals surface area contributed by atoms with Crippen LogP contribution in [-0.4, -0.2) is 27.4 Å². The number of rotatable bonds is 6. The highest BCUT2D eigenvalue weighted by molar-refractivity contribution is 7.93. The lowest BCUT2D eigenvalue weighted by Crippen LogP contribution is -2.42. The first-order chi connectivity index (χ1) is 14.9. The molecule has 1 aliphatic rings. The van der Waals surface area contributed by atoms with Gasteiger partial charge in [0.05, 0.1) is 10.6 Å². The van der Waals surface area contributed by atoms with Gasteiger partial charge < -0.3 is 5.32 Å². The van der Waals surface area contributed by atoms with E-state index in [2.05, 4.69) is 30.4 Å². The van der Waals surface area contributed by atoms with Crippen LogP contribution in [-0.2, 0) is 21.2 Å². The van der Waals surface area contributed by atoms with Crippen molar-refractivity contribution >= 4 is 21.6 Å². The van der Waals surface area contributed by atoms with Crippen LogP contribution < -0.4 is 9.62 Å². The predicted molar refractivity (Wildman–Crippen MR) is 124 cm³/mol. The van der Waals surface area contributed by atoms with E-state index < -0.39 is 10.0 Å². The van der Waals surface area contributed by atoms with Crippen LogP contribution in [0.1, 0.15) is 23.1 Å². The summed E-state index contributed by atoms with van der Waals surface area (Å²) in [6, 6.07) is 20.9. The lowest BCUT2D eigenvalue weighted by Gasteiger charge is -2.31. The van der Waals surface area contributed by atoms with Crippen molar-refractivity contribution in [1.82, 2.24) is 5.32 Å². The quantitative estimate of drug-likeness (QED) is 0.591. The Balaban J connectivity index is 1.48. The molecule has 1 aliphatic heterocycles. The van der Waals surface area contributed by atoms with Gasteiger partial charge in [-0.3, -0.25) is 9.10 Å². The van der Waals surface area contributed by atoms with Crippen LogP contribution in [0.15, 0.2) is 71.6 Å². The summed E-state index contributed by atoms with van der Waals surface area (Å²) in [5, 5.41) is 2.87. The minimum Gasteiger partial charge on any atom is -0.355 e. The lowest BCUT2D eigenvalue weighted by molar-refractivity contribution is -0.119. The Labute approximate surface area is 183 Å². The first-order valence-electron chi connectivity index (χ1n) is 10.4. The second-order valence-electron chi connectivity index (χ2n) is 7.97. The highest BCUT2D eigenvalue weighted by Crippen LogP contribution is 2.43. The van der Waals surface area contributed by atoms with E-state index in [1.807, 2.05) is 37.3 Å². The zero-order chi connectivity index (χ0) is 22.0. The molecule has 5 nitrogen and oxygen atoms in total. The van der Waals surface area contributed by atoms with Gasteiger partial charge in [0.25, 0.3) is 10.0 Å². The van der Waals surface area contributed by atoms with E-state index in [1.165, 1.54) is 15.4 Å². The molecule has 3 aromatic rings. The van der Waals surface area contributed by atoms with Gasteiger partial charge in [0, 0.05) is 17.7 Å². The number of aryl methyl sites for hydroxylation is 3. The zero-order valence-corrected chi connectivity index (χ0v) is 18.6. The van der Waals surface area contributed by atoms with Gasteiger partial charge in [-0.05, 0) is 50.5 Å². The van der Waals surface area contributed by atoms with Crippen molar-refractivity contribution in [3.63, 3.8) is 0 Å². The van der Waals surface area contributed by atoms with Gasteiger partial charge in [-0.25, -0.2) is 8.42 Å². The largest absolute Gasteiger partial charge is 0.355 e. The third kappa shape index (κ3) is 4.35. The lowest BCUT2D eigenvalue weighted by atomic mass is 10.0. The van der Waals surface area contributed by atoms with Crippen molar-refractivity contribution in [1.29, 1.82) is 0 Å². The number of anilines is 1. The van der Waals surface area contributed by atoms with Gasteiger partial charge in [0.15, 0.2) is 0 Å². The van der Waals surface area contributed by atoms with E-state index in [0.717, 1.165) is 24.0 Å². The van der Waals surface area contributed by atoms with Gasteiger partial charge in [-0.15, -0.1) is 0 Å². The van der Waals surface area contributed by atoms with Crippen LogP contribution in [0.5, 0.6) is 0 Å². The molecule has 0 aromatic heterocycles. The van der Waals surface area contributed by atoms with Crippen molar-refractivity contribution in [3.05, 3.63) is 83.4 Å². The van der Waals surface area contributed by atoms with Crippen LogP contribution in [0.3, 0.4) is 0 Å². The molecule has 0 radical (unpaired) electrons. The number of carbonyl (C=O) groups excluding carboxylic acids is 1. The molecule has 31 heavy (non-hydrogen) atoms. The average Bonchev–Trinajstić information content (AvgIpc) is 2.74. The summed E-state index contributed by atoms with van der Waals surface area (Å²) in [5.41, 5.74) is 5.53. The van der Waals surface area contributed by atoms with E-state index in [9.17, 15) is 13.2 Å². The minimum absolute atomic E-state index is 0.236. The highest BCUT2D eigenvalue weighted by Gasteiger charge is 2.35. The van der Waals surface area contributed by atoms with E-state index in [-0.39, 0.29) is 17.3 Å². The summed E-state index contributed by atoms with van der Waals surface area (Å²) in [4.78, 5) is 12.9. The summed E-state index contributed by atoms with van der Waals surface area (Å²) >= 11 is 0. The first kappa shape index (κ1) is 21.1. The molecule has 0 saturated heterocycles. The normalized spacial score (nSPS) is 13.9. The summed E-state index contributed by atoms with van der Waals surface area (Å²) < 4.78 is 27.8. The van der Waals surface area contributed by atoms with E-state index in [4.69, 9.17) is 0 Å². The Morgan fingerprint density at radius 2 is 1.68 bits per heavy atom. The number of benzene rings is 3. The number of amides is 1. The molecular formula is C25H26N2O3S. The Morgan fingerprint density at radius 3 is 2.48 bits per heavy atom. The molecule has 0 atom stereocenters. The third-order valence-electron chi connectivity index (χ3n) is 5.50. The van der Waals surface area contributed by atoms with Gasteiger partial charge in [0.2, 0.25) is 5.91 Å². The molecular weight excluding hydrogens is 408 g/mol. The van der Waals surface area contributed by atoms with Crippen LogP contribution in [0.25, 0.3) is 11.1 Å². The van der Waals surface area contributed by atoms with E-state index in [1.54, 1.807) is 18.2 Å². The standard InChI is InChI=1S/C25H26N2O3S/c1-18-7-5-8-20(15-18)9-6-14-26-25(28)17-27-23-13-12-19(2)16-22(23)21-10-3-4-11-24(21)31(27,29)30/h3-5,7-8,10-13,15-16H,6,9,14,17H2,1-2H3,(H,26,28).